The minimum atomic E-state index is -3.68. The lowest BCUT2D eigenvalue weighted by Gasteiger charge is -2.26. The molecular weight excluding hydrogens is 393 g/mol. The fourth-order valence-electron chi connectivity index (χ4n) is 2.88. The van der Waals surface area contributed by atoms with E-state index in [1.807, 2.05) is 0 Å². The summed E-state index contributed by atoms with van der Waals surface area (Å²) in [5, 5.41) is 0.108. The van der Waals surface area contributed by atoms with Gasteiger partial charge in [0.1, 0.15) is 12.4 Å². The number of carbonyl (C=O) groups is 1. The number of nitrogens with zero attached hydrogens (tertiary/aromatic N) is 1. The maximum absolute atomic E-state index is 12.9. The number of rotatable bonds is 5. The van der Waals surface area contributed by atoms with Crippen LogP contribution < -0.4 is 0 Å². The van der Waals surface area contributed by atoms with E-state index in [0.29, 0.717) is 18.7 Å². The van der Waals surface area contributed by atoms with Crippen molar-refractivity contribution in [3.8, 4) is 0 Å². The second-order valence-corrected chi connectivity index (χ2v) is 8.65. The normalized spacial score (nSPS) is 15.5. The van der Waals surface area contributed by atoms with Crippen LogP contribution in [0.1, 0.15) is 35.2 Å². The predicted molar refractivity (Wildman–Crippen MR) is 99.6 cm³/mol. The van der Waals surface area contributed by atoms with E-state index in [4.69, 9.17) is 16.3 Å². The van der Waals surface area contributed by atoms with E-state index < -0.39 is 16.0 Å². The van der Waals surface area contributed by atoms with Crippen LogP contribution in [0, 0.1) is 5.82 Å². The van der Waals surface area contributed by atoms with Crippen LogP contribution in [0.15, 0.2) is 47.4 Å². The highest BCUT2D eigenvalue weighted by atomic mass is 35.5. The lowest BCUT2D eigenvalue weighted by molar-refractivity contribution is 0.0472. The summed E-state index contributed by atoms with van der Waals surface area (Å²) in [5.41, 5.74) is 0.592. The molecule has 2 aromatic rings. The van der Waals surface area contributed by atoms with E-state index >= 15 is 0 Å². The Balaban J connectivity index is 1.78. The Bertz CT molecular complexity index is 925. The van der Waals surface area contributed by atoms with Gasteiger partial charge in [0.25, 0.3) is 0 Å². The molecule has 1 aliphatic rings. The van der Waals surface area contributed by atoms with Gasteiger partial charge in [0, 0.05) is 13.1 Å². The van der Waals surface area contributed by atoms with Crippen molar-refractivity contribution in [1.29, 1.82) is 0 Å². The Morgan fingerprint density at radius 1 is 1.07 bits per heavy atom. The Hall–Kier alpha value is -1.96. The Morgan fingerprint density at radius 2 is 1.74 bits per heavy atom. The van der Waals surface area contributed by atoms with Gasteiger partial charge in [0.05, 0.1) is 15.5 Å². The van der Waals surface area contributed by atoms with E-state index in [-0.39, 0.29) is 27.9 Å². The quantitative estimate of drug-likeness (QED) is 0.697. The van der Waals surface area contributed by atoms with Crippen molar-refractivity contribution in [3.05, 3.63) is 64.4 Å². The number of piperidine rings is 1. The number of carbonyl (C=O) groups excluding carboxylic acids is 1. The first kappa shape index (κ1) is 19.8. The van der Waals surface area contributed by atoms with Crippen LogP contribution >= 0.6 is 11.6 Å². The van der Waals surface area contributed by atoms with Crippen LogP contribution in [0.2, 0.25) is 5.02 Å². The van der Waals surface area contributed by atoms with Crippen LogP contribution in [0.4, 0.5) is 4.39 Å². The Labute approximate surface area is 162 Å². The molecule has 144 valence electrons. The molecule has 0 atom stereocenters. The van der Waals surface area contributed by atoms with E-state index in [1.54, 1.807) is 0 Å². The molecule has 1 aliphatic heterocycles. The Kier molecular flexibility index (Phi) is 6.14. The SMILES string of the molecule is O=C(OCc1ccc(F)cc1)c1cc(S(=O)(=O)N2CCCCC2)ccc1Cl. The van der Waals surface area contributed by atoms with Crippen LogP contribution in [0.3, 0.4) is 0 Å². The second-order valence-electron chi connectivity index (χ2n) is 6.31. The highest BCUT2D eigenvalue weighted by Gasteiger charge is 2.27. The summed E-state index contributed by atoms with van der Waals surface area (Å²) in [6.45, 7) is 0.864. The van der Waals surface area contributed by atoms with Crippen LogP contribution in [0.5, 0.6) is 0 Å². The van der Waals surface area contributed by atoms with Crippen molar-refractivity contribution in [1.82, 2.24) is 4.31 Å². The van der Waals surface area contributed by atoms with Gasteiger partial charge >= 0.3 is 5.97 Å². The minimum absolute atomic E-state index is 0.0162. The summed E-state index contributed by atoms with van der Waals surface area (Å²) in [6.07, 6.45) is 2.65. The fourth-order valence-corrected chi connectivity index (χ4v) is 4.62. The molecular formula is C19H19ClFNO4S. The zero-order valence-corrected chi connectivity index (χ0v) is 16.1. The van der Waals surface area contributed by atoms with Crippen LogP contribution in [0.25, 0.3) is 0 Å². The van der Waals surface area contributed by atoms with Gasteiger partial charge in [-0.2, -0.15) is 4.31 Å². The first-order valence-corrected chi connectivity index (χ1v) is 10.4. The third kappa shape index (κ3) is 4.66. The van der Waals surface area contributed by atoms with E-state index in [1.165, 1.54) is 46.8 Å². The van der Waals surface area contributed by atoms with Gasteiger partial charge in [0.2, 0.25) is 10.0 Å². The summed E-state index contributed by atoms with van der Waals surface area (Å²) < 4.78 is 45.1. The number of esters is 1. The van der Waals surface area contributed by atoms with Gasteiger partial charge in [-0.25, -0.2) is 17.6 Å². The second kappa shape index (κ2) is 8.37. The molecule has 0 bridgehead atoms. The third-order valence-electron chi connectivity index (χ3n) is 4.39. The molecule has 5 nitrogen and oxygen atoms in total. The average molecular weight is 412 g/mol. The van der Waals surface area contributed by atoms with Gasteiger partial charge in [-0.3, -0.25) is 0 Å². The zero-order valence-electron chi connectivity index (χ0n) is 14.5. The van der Waals surface area contributed by atoms with Crippen molar-refractivity contribution in [2.75, 3.05) is 13.1 Å². The fraction of sp³-hybridized carbons (Fsp3) is 0.316. The summed E-state index contributed by atoms with van der Waals surface area (Å²) >= 11 is 6.07. The molecule has 2 aromatic carbocycles. The summed E-state index contributed by atoms with van der Waals surface area (Å²) in [7, 11) is -3.68. The highest BCUT2D eigenvalue weighted by Crippen LogP contribution is 2.25. The standard InChI is InChI=1S/C19H19ClFNO4S/c20-18-9-8-16(27(24,25)22-10-2-1-3-11-22)12-17(18)19(23)26-13-14-4-6-15(21)7-5-14/h4-9,12H,1-3,10-11,13H2. The van der Waals surface area contributed by atoms with Crippen LogP contribution in [-0.2, 0) is 21.4 Å². The smallest absolute Gasteiger partial charge is 0.340 e. The maximum atomic E-state index is 12.9. The largest absolute Gasteiger partial charge is 0.457 e. The lowest BCUT2D eigenvalue weighted by atomic mass is 10.2. The predicted octanol–water partition coefficient (Wildman–Crippen LogP) is 4.01. The molecule has 1 heterocycles. The van der Waals surface area contributed by atoms with Gasteiger partial charge < -0.3 is 4.74 Å². The lowest BCUT2D eigenvalue weighted by Crippen LogP contribution is -2.35. The molecule has 8 heteroatoms. The number of benzene rings is 2. The van der Waals surface area contributed by atoms with Crippen molar-refractivity contribution >= 4 is 27.6 Å². The maximum Gasteiger partial charge on any atom is 0.340 e. The van der Waals surface area contributed by atoms with Gasteiger partial charge in [0.15, 0.2) is 0 Å². The molecule has 0 saturated carbocycles. The van der Waals surface area contributed by atoms with Gasteiger partial charge in [-0.15, -0.1) is 0 Å². The third-order valence-corrected chi connectivity index (χ3v) is 6.62. The van der Waals surface area contributed by atoms with Crippen molar-refractivity contribution in [2.24, 2.45) is 0 Å². The molecule has 1 fully saturated rings. The number of halogens is 2. The summed E-state index contributed by atoms with van der Waals surface area (Å²) in [6, 6.07) is 9.56. The Morgan fingerprint density at radius 3 is 2.41 bits per heavy atom. The minimum Gasteiger partial charge on any atom is -0.457 e. The first-order chi connectivity index (χ1) is 12.9. The van der Waals surface area contributed by atoms with Crippen molar-refractivity contribution < 1.29 is 22.3 Å². The summed E-state index contributed by atoms with van der Waals surface area (Å²) in [4.78, 5) is 12.4. The topological polar surface area (TPSA) is 63.7 Å². The molecule has 0 unspecified atom stereocenters. The molecule has 0 aromatic heterocycles. The molecule has 3 rings (SSSR count). The molecule has 0 amide bonds. The summed E-state index contributed by atoms with van der Waals surface area (Å²) in [5.74, 6) is -1.12. The van der Waals surface area contributed by atoms with Crippen LogP contribution in [-0.4, -0.2) is 31.8 Å². The molecule has 0 radical (unpaired) electrons. The van der Waals surface area contributed by atoms with E-state index in [2.05, 4.69) is 0 Å². The van der Waals surface area contributed by atoms with Gasteiger partial charge in [-0.1, -0.05) is 30.2 Å². The van der Waals surface area contributed by atoms with Crippen molar-refractivity contribution in [3.63, 3.8) is 0 Å². The number of hydrogen-bond donors (Lipinski definition) is 0. The van der Waals surface area contributed by atoms with E-state index in [9.17, 15) is 17.6 Å². The van der Waals surface area contributed by atoms with E-state index in [0.717, 1.165) is 19.3 Å². The molecule has 0 N–H and O–H groups in total. The number of ether oxygens (including phenoxy) is 1. The zero-order chi connectivity index (χ0) is 19.4. The molecule has 0 spiro atoms. The van der Waals surface area contributed by atoms with Gasteiger partial charge in [-0.05, 0) is 48.7 Å². The number of hydrogen-bond acceptors (Lipinski definition) is 4. The molecule has 27 heavy (non-hydrogen) atoms. The molecule has 0 aliphatic carbocycles. The highest BCUT2D eigenvalue weighted by molar-refractivity contribution is 7.89. The monoisotopic (exact) mass is 411 g/mol. The number of sulfonamides is 1. The molecule has 1 saturated heterocycles. The first-order valence-electron chi connectivity index (χ1n) is 8.59. The van der Waals surface area contributed by atoms with Crippen molar-refractivity contribution in [2.45, 2.75) is 30.8 Å². The average Bonchev–Trinajstić information content (AvgIpc) is 2.68.